The zero-order chi connectivity index (χ0) is 15.5. The van der Waals surface area contributed by atoms with Crippen molar-refractivity contribution < 1.29 is 8.42 Å². The largest absolute Gasteiger partial charge is 0.326 e. The van der Waals surface area contributed by atoms with Crippen LogP contribution in [0.5, 0.6) is 0 Å². The molecule has 0 bridgehead atoms. The highest BCUT2D eigenvalue weighted by Crippen LogP contribution is 2.27. The summed E-state index contributed by atoms with van der Waals surface area (Å²) in [5.74, 6) is 0. The molecule has 1 saturated heterocycles. The van der Waals surface area contributed by atoms with Crippen LogP contribution in [-0.4, -0.2) is 39.5 Å². The number of benzene rings is 1. The Bertz CT molecular complexity index is 598. The highest BCUT2D eigenvalue weighted by Gasteiger charge is 2.20. The van der Waals surface area contributed by atoms with Crippen LogP contribution in [0.1, 0.15) is 24.0 Å². The maximum atomic E-state index is 12.4. The second-order valence-corrected chi connectivity index (χ2v) is 7.90. The van der Waals surface area contributed by atoms with E-state index in [0.29, 0.717) is 17.6 Å². The summed E-state index contributed by atoms with van der Waals surface area (Å²) in [4.78, 5) is 2.54. The molecule has 0 unspecified atom stereocenters. The van der Waals surface area contributed by atoms with Crippen molar-refractivity contribution in [3.63, 3.8) is 0 Å². The number of aryl methyl sites for hydroxylation is 1. The van der Waals surface area contributed by atoms with Gasteiger partial charge in [-0.3, -0.25) is 0 Å². The van der Waals surface area contributed by atoms with Crippen LogP contribution in [0, 0.1) is 6.92 Å². The molecule has 1 aliphatic rings. The summed E-state index contributed by atoms with van der Waals surface area (Å²) in [6.07, 6.45) is 2.41. The molecule has 0 aromatic heterocycles. The molecule has 0 radical (unpaired) electrons. The lowest BCUT2D eigenvalue weighted by Gasteiger charge is -2.16. The van der Waals surface area contributed by atoms with Crippen LogP contribution in [0.4, 0.5) is 0 Å². The summed E-state index contributed by atoms with van der Waals surface area (Å²) in [5, 5.41) is 0. The van der Waals surface area contributed by atoms with Gasteiger partial charge in [-0.15, -0.1) is 0 Å². The number of rotatable bonds is 6. The van der Waals surface area contributed by atoms with Gasteiger partial charge >= 0.3 is 0 Å². The van der Waals surface area contributed by atoms with Gasteiger partial charge in [0.1, 0.15) is 0 Å². The molecule has 0 saturated carbocycles. The SMILES string of the molecule is Cc1cc(CN)cc(S(=O)(=O)NCCN2CCCC2)c1Br. The number of nitrogens with one attached hydrogen (secondary N) is 1. The van der Waals surface area contributed by atoms with Crippen LogP contribution in [0.15, 0.2) is 21.5 Å². The van der Waals surface area contributed by atoms with Gasteiger partial charge in [0.15, 0.2) is 0 Å². The van der Waals surface area contributed by atoms with Gasteiger partial charge in [0.25, 0.3) is 0 Å². The van der Waals surface area contributed by atoms with E-state index < -0.39 is 10.0 Å². The molecule has 1 aliphatic heterocycles. The Morgan fingerprint density at radius 1 is 1.33 bits per heavy atom. The molecule has 118 valence electrons. The summed E-state index contributed by atoms with van der Waals surface area (Å²) in [7, 11) is -3.52. The van der Waals surface area contributed by atoms with E-state index in [4.69, 9.17) is 5.73 Å². The molecule has 0 spiro atoms. The van der Waals surface area contributed by atoms with E-state index in [0.717, 1.165) is 30.8 Å². The zero-order valence-electron chi connectivity index (χ0n) is 12.2. The lowest BCUT2D eigenvalue weighted by Crippen LogP contribution is -2.33. The topological polar surface area (TPSA) is 75.4 Å². The number of nitrogens with zero attached hydrogens (tertiary/aromatic N) is 1. The second-order valence-electron chi connectivity index (χ2n) is 5.38. The van der Waals surface area contributed by atoms with Crippen molar-refractivity contribution in [1.82, 2.24) is 9.62 Å². The lowest BCUT2D eigenvalue weighted by atomic mass is 10.1. The first kappa shape index (κ1) is 16.9. The standard InChI is InChI=1S/C14H22BrN3O2S/c1-11-8-12(10-16)9-13(14(11)15)21(19,20)17-4-7-18-5-2-3-6-18/h8-9,17H,2-7,10,16H2,1H3. The minimum Gasteiger partial charge on any atom is -0.326 e. The minimum absolute atomic E-state index is 0.268. The molecule has 7 heteroatoms. The van der Waals surface area contributed by atoms with Crippen LogP contribution in [0.25, 0.3) is 0 Å². The molecule has 2 rings (SSSR count). The molecule has 1 fully saturated rings. The first-order chi connectivity index (χ1) is 9.94. The Morgan fingerprint density at radius 3 is 2.62 bits per heavy atom. The highest BCUT2D eigenvalue weighted by molar-refractivity contribution is 9.10. The van der Waals surface area contributed by atoms with Crippen LogP contribution >= 0.6 is 15.9 Å². The van der Waals surface area contributed by atoms with E-state index in [9.17, 15) is 8.42 Å². The van der Waals surface area contributed by atoms with Crippen LogP contribution in [0.3, 0.4) is 0 Å². The minimum atomic E-state index is -3.52. The number of sulfonamides is 1. The van der Waals surface area contributed by atoms with Gasteiger partial charge in [0.05, 0.1) is 4.90 Å². The van der Waals surface area contributed by atoms with Gasteiger partial charge in [-0.25, -0.2) is 13.1 Å². The van der Waals surface area contributed by atoms with E-state index in [1.165, 1.54) is 12.8 Å². The Kier molecular flexibility index (Phi) is 5.79. The predicted molar refractivity (Wildman–Crippen MR) is 87.6 cm³/mol. The van der Waals surface area contributed by atoms with E-state index >= 15 is 0 Å². The van der Waals surface area contributed by atoms with E-state index in [-0.39, 0.29) is 4.90 Å². The quantitative estimate of drug-likeness (QED) is 0.791. The molecule has 5 nitrogen and oxygen atoms in total. The smallest absolute Gasteiger partial charge is 0.241 e. The summed E-state index contributed by atoms with van der Waals surface area (Å²) >= 11 is 3.37. The van der Waals surface area contributed by atoms with E-state index in [1.807, 2.05) is 13.0 Å². The number of halogens is 1. The first-order valence-electron chi connectivity index (χ1n) is 7.15. The maximum Gasteiger partial charge on any atom is 0.241 e. The third-order valence-electron chi connectivity index (χ3n) is 3.72. The molecule has 0 amide bonds. The summed E-state index contributed by atoms with van der Waals surface area (Å²) in [5.41, 5.74) is 7.32. The number of likely N-dealkylation sites (tertiary alicyclic amines) is 1. The molecule has 1 aromatic rings. The first-order valence-corrected chi connectivity index (χ1v) is 9.43. The monoisotopic (exact) mass is 375 g/mol. The highest BCUT2D eigenvalue weighted by atomic mass is 79.9. The van der Waals surface area contributed by atoms with Crippen molar-refractivity contribution in [3.05, 3.63) is 27.7 Å². The van der Waals surface area contributed by atoms with Crippen molar-refractivity contribution in [3.8, 4) is 0 Å². The van der Waals surface area contributed by atoms with E-state index in [1.54, 1.807) is 6.07 Å². The molecular formula is C14H22BrN3O2S. The average molecular weight is 376 g/mol. The van der Waals surface area contributed by atoms with Gasteiger partial charge in [0.2, 0.25) is 10.0 Å². The molecule has 0 aliphatic carbocycles. The lowest BCUT2D eigenvalue weighted by molar-refractivity contribution is 0.344. The Labute approximate surface area is 135 Å². The number of nitrogens with two attached hydrogens (primary N) is 1. The molecule has 0 atom stereocenters. The molecular weight excluding hydrogens is 354 g/mol. The fourth-order valence-electron chi connectivity index (χ4n) is 2.54. The number of hydrogen-bond acceptors (Lipinski definition) is 4. The van der Waals surface area contributed by atoms with Crippen LogP contribution in [0.2, 0.25) is 0 Å². The van der Waals surface area contributed by atoms with Crippen molar-refractivity contribution in [2.75, 3.05) is 26.2 Å². The van der Waals surface area contributed by atoms with Gasteiger partial charge in [-0.05, 0) is 66.0 Å². The van der Waals surface area contributed by atoms with Crippen molar-refractivity contribution in [1.29, 1.82) is 0 Å². The van der Waals surface area contributed by atoms with Gasteiger partial charge < -0.3 is 10.6 Å². The molecule has 3 N–H and O–H groups in total. The molecule has 1 aromatic carbocycles. The summed E-state index contributed by atoms with van der Waals surface area (Å²) < 4.78 is 28.2. The Balaban J connectivity index is 2.09. The predicted octanol–water partition coefficient (Wildman–Crippen LogP) is 1.59. The van der Waals surface area contributed by atoms with Crippen LogP contribution in [-0.2, 0) is 16.6 Å². The molecule has 21 heavy (non-hydrogen) atoms. The normalized spacial score (nSPS) is 16.5. The Hall–Kier alpha value is -0.470. The second kappa shape index (κ2) is 7.19. The fraction of sp³-hybridized carbons (Fsp3) is 0.571. The third-order valence-corrected chi connectivity index (χ3v) is 6.53. The van der Waals surface area contributed by atoms with Crippen molar-refractivity contribution in [2.24, 2.45) is 5.73 Å². The fourth-order valence-corrected chi connectivity index (χ4v) is 4.63. The van der Waals surface area contributed by atoms with Gasteiger partial charge in [-0.1, -0.05) is 6.07 Å². The molecule has 1 heterocycles. The Morgan fingerprint density at radius 2 is 2.00 bits per heavy atom. The maximum absolute atomic E-state index is 12.4. The van der Waals surface area contributed by atoms with Gasteiger partial charge in [0, 0.05) is 24.1 Å². The summed E-state index contributed by atoms with van der Waals surface area (Å²) in [6, 6.07) is 3.53. The average Bonchev–Trinajstić information content (AvgIpc) is 2.94. The third kappa shape index (κ3) is 4.26. The zero-order valence-corrected chi connectivity index (χ0v) is 14.6. The number of hydrogen-bond donors (Lipinski definition) is 2. The summed E-state index contributed by atoms with van der Waals surface area (Å²) in [6.45, 7) is 5.50. The van der Waals surface area contributed by atoms with Gasteiger partial charge in [-0.2, -0.15) is 0 Å². The van der Waals surface area contributed by atoms with Crippen molar-refractivity contribution in [2.45, 2.75) is 31.2 Å². The van der Waals surface area contributed by atoms with Crippen molar-refractivity contribution >= 4 is 26.0 Å². The van der Waals surface area contributed by atoms with Crippen LogP contribution < -0.4 is 10.5 Å². The van der Waals surface area contributed by atoms with E-state index in [2.05, 4.69) is 25.6 Å².